The fourth-order valence-corrected chi connectivity index (χ4v) is 3.99. The number of para-hydroxylation sites is 1. The normalized spacial score (nSPS) is 10.8. The summed E-state index contributed by atoms with van der Waals surface area (Å²) in [6.07, 6.45) is 0.883. The molecule has 0 saturated carbocycles. The third kappa shape index (κ3) is 6.00. The van der Waals surface area contributed by atoms with Gasteiger partial charge in [0.2, 0.25) is 5.91 Å². The van der Waals surface area contributed by atoms with Crippen molar-refractivity contribution >= 4 is 35.0 Å². The highest BCUT2D eigenvalue weighted by Crippen LogP contribution is 2.25. The van der Waals surface area contributed by atoms with Crippen molar-refractivity contribution in [3.8, 4) is 11.4 Å². The first-order chi connectivity index (χ1) is 14.6. The summed E-state index contributed by atoms with van der Waals surface area (Å²) < 4.78 is 2.01. The minimum absolute atomic E-state index is 0.000982. The van der Waals surface area contributed by atoms with Crippen LogP contribution in [0.5, 0.6) is 0 Å². The minimum atomic E-state index is 0.000982. The topological polar surface area (TPSA) is 63.1 Å². The molecule has 1 heterocycles. The molecule has 0 saturated heterocycles. The number of amides is 1. The Morgan fingerprint density at radius 1 is 1.13 bits per heavy atom. The molecular weight excluding hydrogens is 418 g/mol. The molecule has 0 fully saturated rings. The molecule has 3 aromatic rings. The first-order valence-corrected chi connectivity index (χ1v) is 11.3. The molecule has 0 unspecified atom stereocenters. The number of anilines is 1. The van der Waals surface area contributed by atoms with E-state index in [-0.39, 0.29) is 5.91 Å². The van der Waals surface area contributed by atoms with E-state index in [0.717, 1.165) is 36.1 Å². The Kier molecular flexibility index (Phi) is 8.16. The maximum absolute atomic E-state index is 12.2. The van der Waals surface area contributed by atoms with Crippen LogP contribution < -0.4 is 10.2 Å². The molecule has 6 nitrogen and oxygen atoms in total. The molecule has 158 valence electrons. The van der Waals surface area contributed by atoms with Gasteiger partial charge in [-0.15, -0.1) is 10.2 Å². The highest BCUT2D eigenvalue weighted by molar-refractivity contribution is 7.99. The molecule has 0 aliphatic carbocycles. The van der Waals surface area contributed by atoms with Crippen molar-refractivity contribution in [2.45, 2.75) is 25.0 Å². The zero-order valence-electron chi connectivity index (χ0n) is 17.2. The van der Waals surface area contributed by atoms with Crippen molar-refractivity contribution in [1.29, 1.82) is 0 Å². The number of rotatable bonds is 10. The van der Waals surface area contributed by atoms with Gasteiger partial charge < -0.3 is 14.8 Å². The van der Waals surface area contributed by atoms with Gasteiger partial charge in [-0.2, -0.15) is 0 Å². The van der Waals surface area contributed by atoms with Crippen LogP contribution in [-0.2, 0) is 11.3 Å². The maximum Gasteiger partial charge on any atom is 0.230 e. The Balaban J connectivity index is 1.45. The van der Waals surface area contributed by atoms with Crippen LogP contribution in [0, 0.1) is 0 Å². The van der Waals surface area contributed by atoms with Crippen molar-refractivity contribution in [1.82, 2.24) is 20.1 Å². The van der Waals surface area contributed by atoms with Gasteiger partial charge >= 0.3 is 0 Å². The van der Waals surface area contributed by atoms with Gasteiger partial charge in [0.15, 0.2) is 11.0 Å². The molecule has 0 aliphatic rings. The summed E-state index contributed by atoms with van der Waals surface area (Å²) in [5.74, 6) is 1.09. The van der Waals surface area contributed by atoms with Crippen LogP contribution in [0.2, 0.25) is 5.02 Å². The van der Waals surface area contributed by atoms with Crippen LogP contribution >= 0.6 is 23.4 Å². The van der Waals surface area contributed by atoms with E-state index in [4.69, 9.17) is 11.6 Å². The highest BCUT2D eigenvalue weighted by atomic mass is 35.5. The fourth-order valence-electron chi connectivity index (χ4n) is 3.03. The number of carbonyl (C=O) groups is 1. The van der Waals surface area contributed by atoms with E-state index in [0.29, 0.717) is 17.3 Å². The molecule has 1 aromatic heterocycles. The third-order valence-electron chi connectivity index (χ3n) is 4.66. The molecule has 1 amide bonds. The number of nitrogens with zero attached hydrogens (tertiary/aromatic N) is 4. The summed E-state index contributed by atoms with van der Waals surface area (Å²) >= 11 is 7.37. The average molecular weight is 444 g/mol. The molecule has 2 aromatic carbocycles. The largest absolute Gasteiger partial charge is 0.375 e. The number of benzene rings is 2. The lowest BCUT2D eigenvalue weighted by atomic mass is 10.2. The molecule has 3 rings (SSSR count). The number of carbonyl (C=O) groups excluding carboxylic acids is 1. The number of thioether (sulfide) groups is 1. The Bertz CT molecular complexity index is 946. The monoisotopic (exact) mass is 443 g/mol. The van der Waals surface area contributed by atoms with Gasteiger partial charge in [0.05, 0.1) is 5.75 Å². The number of halogens is 1. The van der Waals surface area contributed by atoms with Crippen molar-refractivity contribution < 1.29 is 4.79 Å². The molecule has 1 N–H and O–H groups in total. The van der Waals surface area contributed by atoms with Crippen molar-refractivity contribution in [2.75, 3.05) is 30.8 Å². The molecule has 0 radical (unpaired) electrons. The lowest BCUT2D eigenvalue weighted by Crippen LogP contribution is -2.29. The van der Waals surface area contributed by atoms with Crippen molar-refractivity contribution in [3.63, 3.8) is 0 Å². The van der Waals surface area contributed by atoms with Gasteiger partial charge in [0.25, 0.3) is 0 Å². The molecule has 0 spiro atoms. The van der Waals surface area contributed by atoms with E-state index in [1.54, 1.807) is 0 Å². The Hall–Kier alpha value is -2.51. The van der Waals surface area contributed by atoms with Gasteiger partial charge in [-0.1, -0.05) is 41.6 Å². The number of hydrogen-bond donors (Lipinski definition) is 1. The van der Waals surface area contributed by atoms with Gasteiger partial charge in [-0.25, -0.2) is 0 Å². The van der Waals surface area contributed by atoms with E-state index < -0.39 is 0 Å². The molecule has 0 bridgehead atoms. The Labute approximate surface area is 186 Å². The zero-order chi connectivity index (χ0) is 21.3. The van der Waals surface area contributed by atoms with Crippen molar-refractivity contribution in [3.05, 3.63) is 59.6 Å². The summed E-state index contributed by atoms with van der Waals surface area (Å²) in [5, 5.41) is 13.0. The summed E-state index contributed by atoms with van der Waals surface area (Å²) in [6, 6.07) is 17.7. The zero-order valence-corrected chi connectivity index (χ0v) is 18.8. The number of hydrogen-bond acceptors (Lipinski definition) is 5. The lowest BCUT2D eigenvalue weighted by molar-refractivity contribution is -0.118. The second-order valence-electron chi connectivity index (χ2n) is 6.81. The number of nitrogens with one attached hydrogen (secondary N) is 1. The third-order valence-corrected chi connectivity index (χ3v) is 5.88. The standard InChI is InChI=1S/C22H26ClN5OS/c1-3-28-21(17-10-12-18(23)13-11-17)25-26-22(28)30-16-20(29)24-14-7-15-27(2)19-8-5-4-6-9-19/h4-6,8-13H,3,7,14-16H2,1-2H3,(H,24,29). The quantitative estimate of drug-likeness (QED) is 0.372. The van der Waals surface area contributed by atoms with Crippen LogP contribution in [-0.4, -0.2) is 46.6 Å². The summed E-state index contributed by atoms with van der Waals surface area (Å²) in [6.45, 7) is 4.29. The fraction of sp³-hybridized carbons (Fsp3) is 0.318. The minimum Gasteiger partial charge on any atom is -0.375 e. The average Bonchev–Trinajstić information content (AvgIpc) is 3.19. The molecule has 30 heavy (non-hydrogen) atoms. The van der Waals surface area contributed by atoms with Gasteiger partial charge in [-0.3, -0.25) is 4.79 Å². The van der Waals surface area contributed by atoms with E-state index in [1.165, 1.54) is 17.4 Å². The predicted octanol–water partition coefficient (Wildman–Crippen LogP) is 4.35. The van der Waals surface area contributed by atoms with Crippen molar-refractivity contribution in [2.24, 2.45) is 0 Å². The van der Waals surface area contributed by atoms with Gasteiger partial charge in [0, 0.05) is 43.0 Å². The molecule has 8 heteroatoms. The molecule has 0 atom stereocenters. The SMILES string of the molecule is CCn1c(SCC(=O)NCCCN(C)c2ccccc2)nnc1-c1ccc(Cl)cc1. The van der Waals surface area contributed by atoms with Crippen LogP contribution in [0.4, 0.5) is 5.69 Å². The van der Waals surface area contributed by atoms with E-state index in [2.05, 4.69) is 39.6 Å². The first kappa shape index (κ1) is 22.2. The smallest absolute Gasteiger partial charge is 0.230 e. The van der Waals surface area contributed by atoms with Crippen LogP contribution in [0.3, 0.4) is 0 Å². The second-order valence-corrected chi connectivity index (χ2v) is 8.19. The van der Waals surface area contributed by atoms with E-state index >= 15 is 0 Å². The molecular formula is C22H26ClN5OS. The van der Waals surface area contributed by atoms with Crippen LogP contribution in [0.25, 0.3) is 11.4 Å². The van der Waals surface area contributed by atoms with Gasteiger partial charge in [0.1, 0.15) is 0 Å². The van der Waals surface area contributed by atoms with Crippen LogP contribution in [0.15, 0.2) is 59.8 Å². The Morgan fingerprint density at radius 3 is 2.57 bits per heavy atom. The first-order valence-electron chi connectivity index (χ1n) is 9.93. The van der Waals surface area contributed by atoms with E-state index in [1.807, 2.05) is 54.0 Å². The summed E-state index contributed by atoms with van der Waals surface area (Å²) in [7, 11) is 2.06. The highest BCUT2D eigenvalue weighted by Gasteiger charge is 2.14. The maximum atomic E-state index is 12.2. The van der Waals surface area contributed by atoms with Crippen LogP contribution in [0.1, 0.15) is 13.3 Å². The Morgan fingerprint density at radius 2 is 1.87 bits per heavy atom. The number of aromatic nitrogens is 3. The lowest BCUT2D eigenvalue weighted by Gasteiger charge is -2.19. The molecule has 0 aliphatic heterocycles. The van der Waals surface area contributed by atoms with E-state index in [9.17, 15) is 4.79 Å². The second kappa shape index (κ2) is 11.0. The summed E-state index contributed by atoms with van der Waals surface area (Å²) in [4.78, 5) is 14.4. The predicted molar refractivity (Wildman–Crippen MR) is 124 cm³/mol. The summed E-state index contributed by atoms with van der Waals surface area (Å²) in [5.41, 5.74) is 2.13. The van der Waals surface area contributed by atoms with Gasteiger partial charge in [-0.05, 0) is 49.7 Å².